The van der Waals surface area contributed by atoms with E-state index in [1.54, 1.807) is 19.1 Å². The number of benzene rings is 1. The lowest BCUT2D eigenvalue weighted by Gasteiger charge is -2.29. The topological polar surface area (TPSA) is 46.2 Å². The number of nitrogens with one attached hydrogen (secondary N) is 1. The van der Waals surface area contributed by atoms with E-state index in [0.717, 1.165) is 4.47 Å². The standard InChI is InChI=1S/C11H13BrFNO2S/c1-7-5-17(15,16)6-11(14-7)9-4-8(12)2-3-10(9)13/h2-4,7,11,14H,5-6H2,1H3. The van der Waals surface area contributed by atoms with E-state index in [4.69, 9.17) is 0 Å². The molecule has 1 N–H and O–H groups in total. The van der Waals surface area contributed by atoms with Gasteiger partial charge < -0.3 is 5.32 Å². The van der Waals surface area contributed by atoms with Gasteiger partial charge in [-0.15, -0.1) is 0 Å². The first-order valence-electron chi connectivity index (χ1n) is 5.29. The molecule has 1 aliphatic heterocycles. The maximum atomic E-state index is 13.7. The summed E-state index contributed by atoms with van der Waals surface area (Å²) < 4.78 is 37.8. The third-order valence-electron chi connectivity index (χ3n) is 2.74. The third kappa shape index (κ3) is 3.05. The van der Waals surface area contributed by atoms with E-state index in [1.807, 2.05) is 0 Å². The summed E-state index contributed by atoms with van der Waals surface area (Å²) in [6.45, 7) is 1.79. The first-order valence-corrected chi connectivity index (χ1v) is 7.90. The Morgan fingerprint density at radius 2 is 2.12 bits per heavy atom. The van der Waals surface area contributed by atoms with Crippen LogP contribution in [-0.4, -0.2) is 26.0 Å². The van der Waals surface area contributed by atoms with Crippen molar-refractivity contribution in [3.8, 4) is 0 Å². The van der Waals surface area contributed by atoms with Gasteiger partial charge >= 0.3 is 0 Å². The van der Waals surface area contributed by atoms with Gasteiger partial charge in [0.05, 0.1) is 11.5 Å². The van der Waals surface area contributed by atoms with Crippen LogP contribution in [-0.2, 0) is 9.84 Å². The molecule has 1 aromatic carbocycles. The smallest absolute Gasteiger partial charge is 0.153 e. The molecule has 1 saturated heterocycles. The van der Waals surface area contributed by atoms with Crippen LogP contribution in [0.4, 0.5) is 4.39 Å². The zero-order valence-electron chi connectivity index (χ0n) is 9.28. The highest BCUT2D eigenvalue weighted by Gasteiger charge is 2.31. The van der Waals surface area contributed by atoms with E-state index in [1.165, 1.54) is 6.07 Å². The summed E-state index contributed by atoms with van der Waals surface area (Å²) in [6.07, 6.45) is 0. The molecule has 2 rings (SSSR count). The molecule has 0 radical (unpaired) electrons. The first-order chi connectivity index (χ1) is 7.87. The van der Waals surface area contributed by atoms with Gasteiger partial charge in [-0.3, -0.25) is 0 Å². The normalized spacial score (nSPS) is 27.9. The number of hydrogen-bond acceptors (Lipinski definition) is 3. The van der Waals surface area contributed by atoms with E-state index >= 15 is 0 Å². The van der Waals surface area contributed by atoms with Crippen molar-refractivity contribution in [1.29, 1.82) is 0 Å². The van der Waals surface area contributed by atoms with Gasteiger partial charge in [-0.1, -0.05) is 15.9 Å². The second-order valence-electron chi connectivity index (χ2n) is 4.36. The van der Waals surface area contributed by atoms with Gasteiger partial charge in [0.25, 0.3) is 0 Å². The van der Waals surface area contributed by atoms with E-state index < -0.39 is 15.9 Å². The van der Waals surface area contributed by atoms with Crippen molar-refractivity contribution in [3.63, 3.8) is 0 Å². The molecule has 0 saturated carbocycles. The van der Waals surface area contributed by atoms with Crippen LogP contribution in [0.1, 0.15) is 18.5 Å². The van der Waals surface area contributed by atoms with E-state index in [9.17, 15) is 12.8 Å². The van der Waals surface area contributed by atoms with Gasteiger partial charge in [0.15, 0.2) is 9.84 Å². The van der Waals surface area contributed by atoms with Gasteiger partial charge in [-0.05, 0) is 25.1 Å². The molecule has 1 heterocycles. The Labute approximate surface area is 108 Å². The van der Waals surface area contributed by atoms with Crippen molar-refractivity contribution >= 4 is 25.8 Å². The summed E-state index contributed by atoms with van der Waals surface area (Å²) in [5.41, 5.74) is 0.398. The predicted octanol–water partition coefficient (Wildman–Crippen LogP) is 2.04. The lowest BCUT2D eigenvalue weighted by atomic mass is 10.1. The number of rotatable bonds is 1. The molecule has 0 aliphatic carbocycles. The van der Waals surface area contributed by atoms with Gasteiger partial charge in [0.2, 0.25) is 0 Å². The van der Waals surface area contributed by atoms with Crippen molar-refractivity contribution in [1.82, 2.24) is 5.32 Å². The lowest BCUT2D eigenvalue weighted by Crippen LogP contribution is -2.45. The van der Waals surface area contributed by atoms with E-state index in [-0.39, 0.29) is 23.4 Å². The summed E-state index contributed by atoms with van der Waals surface area (Å²) in [5.74, 6) is -0.320. The molecule has 0 aromatic heterocycles. The summed E-state index contributed by atoms with van der Waals surface area (Å²) in [6, 6.07) is 3.94. The van der Waals surface area contributed by atoms with Gasteiger partial charge in [-0.2, -0.15) is 0 Å². The van der Waals surface area contributed by atoms with E-state index in [0.29, 0.717) is 5.56 Å². The molecule has 1 aliphatic rings. The first kappa shape index (κ1) is 13.0. The zero-order valence-corrected chi connectivity index (χ0v) is 11.7. The number of hydrogen-bond donors (Lipinski definition) is 1. The van der Waals surface area contributed by atoms with Gasteiger partial charge in [-0.25, -0.2) is 12.8 Å². The predicted molar refractivity (Wildman–Crippen MR) is 68.1 cm³/mol. The maximum Gasteiger partial charge on any atom is 0.153 e. The second-order valence-corrected chi connectivity index (χ2v) is 7.43. The molecule has 1 aromatic rings. The van der Waals surface area contributed by atoms with Crippen LogP contribution in [0.15, 0.2) is 22.7 Å². The van der Waals surface area contributed by atoms with Crippen LogP contribution in [0.25, 0.3) is 0 Å². The summed E-state index contributed by atoms with van der Waals surface area (Å²) in [5, 5.41) is 3.12. The van der Waals surface area contributed by atoms with Gasteiger partial charge in [0.1, 0.15) is 5.82 Å². The van der Waals surface area contributed by atoms with Crippen LogP contribution in [0.2, 0.25) is 0 Å². The molecule has 0 bridgehead atoms. The minimum atomic E-state index is -3.10. The Balaban J connectivity index is 2.36. The summed E-state index contributed by atoms with van der Waals surface area (Å²) in [7, 11) is -3.10. The SMILES string of the molecule is CC1CS(=O)(=O)CC(c2cc(Br)ccc2F)N1. The van der Waals surface area contributed by atoms with Crippen LogP contribution < -0.4 is 5.32 Å². The van der Waals surface area contributed by atoms with Crippen LogP contribution in [0.3, 0.4) is 0 Å². The Kier molecular flexibility index (Phi) is 3.56. The largest absolute Gasteiger partial charge is 0.305 e. The number of halogens is 2. The van der Waals surface area contributed by atoms with Crippen molar-refractivity contribution in [2.45, 2.75) is 19.0 Å². The van der Waals surface area contributed by atoms with Crippen LogP contribution in [0.5, 0.6) is 0 Å². The third-order valence-corrected chi connectivity index (χ3v) is 5.09. The fraction of sp³-hybridized carbons (Fsp3) is 0.455. The Morgan fingerprint density at radius 3 is 2.76 bits per heavy atom. The highest BCUT2D eigenvalue weighted by Crippen LogP contribution is 2.26. The van der Waals surface area contributed by atoms with Gasteiger partial charge in [0, 0.05) is 22.1 Å². The molecule has 2 atom stereocenters. The molecule has 0 spiro atoms. The van der Waals surface area contributed by atoms with Crippen LogP contribution in [0, 0.1) is 5.82 Å². The number of sulfone groups is 1. The molecule has 0 amide bonds. The van der Waals surface area contributed by atoms with Crippen molar-refractivity contribution in [3.05, 3.63) is 34.1 Å². The fourth-order valence-electron chi connectivity index (χ4n) is 2.10. The Morgan fingerprint density at radius 1 is 1.41 bits per heavy atom. The summed E-state index contributed by atoms with van der Waals surface area (Å²) in [4.78, 5) is 0. The van der Waals surface area contributed by atoms with Crippen LogP contribution >= 0.6 is 15.9 Å². The monoisotopic (exact) mass is 321 g/mol. The fourth-order valence-corrected chi connectivity index (χ4v) is 4.26. The molecule has 94 valence electrons. The maximum absolute atomic E-state index is 13.7. The zero-order chi connectivity index (χ0) is 12.6. The molecule has 2 unspecified atom stereocenters. The molecule has 17 heavy (non-hydrogen) atoms. The average Bonchev–Trinajstić information content (AvgIpc) is 2.18. The molecule has 1 fully saturated rings. The average molecular weight is 322 g/mol. The minimum absolute atomic E-state index is 0.0509. The van der Waals surface area contributed by atoms with Crippen molar-refractivity contribution < 1.29 is 12.8 Å². The summed E-state index contributed by atoms with van der Waals surface area (Å²) >= 11 is 3.26. The quantitative estimate of drug-likeness (QED) is 0.861. The Hall–Kier alpha value is -0.460. The highest BCUT2D eigenvalue weighted by molar-refractivity contribution is 9.10. The lowest BCUT2D eigenvalue weighted by molar-refractivity contribution is 0.454. The Bertz CT molecular complexity index is 532. The van der Waals surface area contributed by atoms with Crippen molar-refractivity contribution in [2.24, 2.45) is 0 Å². The van der Waals surface area contributed by atoms with E-state index in [2.05, 4.69) is 21.2 Å². The molecule has 6 heteroatoms. The minimum Gasteiger partial charge on any atom is -0.305 e. The molecular formula is C11H13BrFNO2S. The molecule has 3 nitrogen and oxygen atoms in total. The second kappa shape index (κ2) is 4.66. The molecular weight excluding hydrogens is 309 g/mol. The highest BCUT2D eigenvalue weighted by atomic mass is 79.9. The van der Waals surface area contributed by atoms with Crippen molar-refractivity contribution in [2.75, 3.05) is 11.5 Å².